The lowest BCUT2D eigenvalue weighted by molar-refractivity contribution is -0.132. The van der Waals surface area contributed by atoms with E-state index in [4.69, 9.17) is 14.3 Å². The van der Waals surface area contributed by atoms with Crippen LogP contribution in [0.2, 0.25) is 0 Å². The van der Waals surface area contributed by atoms with E-state index >= 15 is 0 Å². The quantitative estimate of drug-likeness (QED) is 0.483. The SMILES string of the molecule is CONC1=CC[C@H]2[C@@H]3CC(=O)c4cc(OC(C)=O)c(OC)cc4[C@H]3CC[C@]12C. The van der Waals surface area contributed by atoms with Crippen LogP contribution in [0.4, 0.5) is 0 Å². The number of ketones is 1. The lowest BCUT2D eigenvalue weighted by Gasteiger charge is -2.49. The number of hydroxylamine groups is 1. The standard InChI is InChI=1S/C22H27NO5/c1-12(24)28-20-11-16-14(10-19(20)26-3)13-7-8-22(2)17(15(13)9-18(16)25)5-6-21(22)23-27-4/h6,10-11,13,15,17,23H,5,7-9H2,1-4H3/t13-,15-,17+,22+/m1/s1. The van der Waals surface area contributed by atoms with Crippen molar-refractivity contribution < 1.29 is 23.9 Å². The highest BCUT2D eigenvalue weighted by atomic mass is 16.6. The molecule has 1 saturated carbocycles. The van der Waals surface area contributed by atoms with Gasteiger partial charge in [-0.3, -0.25) is 19.9 Å². The van der Waals surface area contributed by atoms with Gasteiger partial charge in [-0.25, -0.2) is 0 Å². The van der Waals surface area contributed by atoms with Gasteiger partial charge in [0.1, 0.15) is 0 Å². The molecule has 4 atom stereocenters. The Morgan fingerprint density at radius 3 is 2.71 bits per heavy atom. The second kappa shape index (κ2) is 6.92. The van der Waals surface area contributed by atoms with Gasteiger partial charge in [0, 0.05) is 30.0 Å². The van der Waals surface area contributed by atoms with Crippen molar-refractivity contribution in [2.24, 2.45) is 17.3 Å². The molecular formula is C22H27NO5. The fraction of sp³-hybridized carbons (Fsp3) is 0.545. The summed E-state index contributed by atoms with van der Waals surface area (Å²) >= 11 is 0. The van der Waals surface area contributed by atoms with Crippen LogP contribution in [0, 0.1) is 17.3 Å². The number of carbonyl (C=O) groups is 2. The first-order chi connectivity index (χ1) is 13.4. The molecule has 1 aromatic rings. The number of fused-ring (bicyclic) bond motifs is 5. The Morgan fingerprint density at radius 1 is 1.25 bits per heavy atom. The zero-order chi connectivity index (χ0) is 20.1. The summed E-state index contributed by atoms with van der Waals surface area (Å²) in [4.78, 5) is 29.6. The minimum Gasteiger partial charge on any atom is -0.493 e. The molecule has 0 unspecified atom stereocenters. The highest BCUT2D eigenvalue weighted by Gasteiger charge is 2.53. The van der Waals surface area contributed by atoms with Gasteiger partial charge in [0.05, 0.1) is 14.2 Å². The van der Waals surface area contributed by atoms with Crippen molar-refractivity contribution in [2.45, 2.75) is 45.4 Å². The topological polar surface area (TPSA) is 73.9 Å². The Bertz CT molecular complexity index is 861. The molecule has 0 amide bonds. The van der Waals surface area contributed by atoms with Crippen LogP contribution in [0.3, 0.4) is 0 Å². The second-order valence-corrected chi connectivity index (χ2v) is 8.30. The van der Waals surface area contributed by atoms with E-state index in [9.17, 15) is 9.59 Å². The highest BCUT2D eigenvalue weighted by molar-refractivity contribution is 6.00. The highest BCUT2D eigenvalue weighted by Crippen LogP contribution is 2.61. The summed E-state index contributed by atoms with van der Waals surface area (Å²) in [7, 11) is 3.19. The predicted octanol–water partition coefficient (Wildman–Crippen LogP) is 3.76. The summed E-state index contributed by atoms with van der Waals surface area (Å²) in [5.41, 5.74) is 5.91. The minimum absolute atomic E-state index is 0.0106. The second-order valence-electron chi connectivity index (χ2n) is 8.30. The smallest absolute Gasteiger partial charge is 0.308 e. The first kappa shape index (κ1) is 19.0. The van der Waals surface area contributed by atoms with Crippen LogP contribution in [-0.2, 0) is 9.63 Å². The number of esters is 1. The summed E-state index contributed by atoms with van der Waals surface area (Å²) in [6.45, 7) is 3.63. The van der Waals surface area contributed by atoms with Crippen molar-refractivity contribution in [2.75, 3.05) is 14.2 Å². The van der Waals surface area contributed by atoms with E-state index < -0.39 is 5.97 Å². The monoisotopic (exact) mass is 385 g/mol. The zero-order valence-electron chi connectivity index (χ0n) is 16.8. The van der Waals surface area contributed by atoms with E-state index in [0.717, 1.165) is 30.5 Å². The van der Waals surface area contributed by atoms with Gasteiger partial charge in [-0.2, -0.15) is 0 Å². The molecule has 6 nitrogen and oxygen atoms in total. The maximum absolute atomic E-state index is 13.0. The van der Waals surface area contributed by atoms with Gasteiger partial charge in [-0.1, -0.05) is 13.0 Å². The van der Waals surface area contributed by atoms with Crippen LogP contribution in [0.5, 0.6) is 11.5 Å². The predicted molar refractivity (Wildman–Crippen MR) is 103 cm³/mol. The molecule has 0 aromatic heterocycles. The van der Waals surface area contributed by atoms with Gasteiger partial charge >= 0.3 is 5.97 Å². The maximum atomic E-state index is 13.0. The van der Waals surface area contributed by atoms with E-state index in [1.54, 1.807) is 20.3 Å². The number of hydrogen-bond acceptors (Lipinski definition) is 6. The Kier molecular flexibility index (Phi) is 4.70. The number of ether oxygens (including phenoxy) is 2. The molecule has 1 N–H and O–H groups in total. The molecule has 6 heteroatoms. The Morgan fingerprint density at radius 2 is 2.04 bits per heavy atom. The minimum atomic E-state index is -0.428. The Hall–Kier alpha value is -2.34. The molecule has 1 fully saturated rings. The van der Waals surface area contributed by atoms with Crippen molar-refractivity contribution in [3.8, 4) is 11.5 Å². The van der Waals surface area contributed by atoms with E-state index in [-0.39, 0.29) is 17.1 Å². The van der Waals surface area contributed by atoms with Gasteiger partial charge in [0.15, 0.2) is 17.3 Å². The van der Waals surface area contributed by atoms with Gasteiger partial charge in [-0.05, 0) is 54.7 Å². The molecule has 0 heterocycles. The fourth-order valence-electron chi connectivity index (χ4n) is 5.64. The summed E-state index contributed by atoms with van der Waals surface area (Å²) < 4.78 is 10.7. The summed E-state index contributed by atoms with van der Waals surface area (Å²) in [6, 6.07) is 3.59. The number of benzene rings is 1. The molecule has 1 aromatic carbocycles. The van der Waals surface area contributed by atoms with Gasteiger partial charge in [0.2, 0.25) is 0 Å². The van der Waals surface area contributed by atoms with Crippen molar-refractivity contribution in [3.63, 3.8) is 0 Å². The number of allylic oxidation sites excluding steroid dienone is 2. The number of carbonyl (C=O) groups excluding carboxylic acids is 2. The Labute approximate surface area is 165 Å². The largest absolute Gasteiger partial charge is 0.493 e. The molecule has 3 aliphatic rings. The molecule has 28 heavy (non-hydrogen) atoms. The van der Waals surface area contributed by atoms with E-state index in [1.165, 1.54) is 6.92 Å². The number of nitrogens with one attached hydrogen (secondary N) is 1. The van der Waals surface area contributed by atoms with Crippen LogP contribution in [0.25, 0.3) is 0 Å². The van der Waals surface area contributed by atoms with E-state index in [2.05, 4.69) is 18.5 Å². The lowest BCUT2D eigenvalue weighted by Crippen LogP contribution is -2.44. The van der Waals surface area contributed by atoms with Crippen molar-refractivity contribution in [3.05, 3.63) is 35.0 Å². The van der Waals surface area contributed by atoms with E-state index in [1.807, 2.05) is 6.07 Å². The van der Waals surface area contributed by atoms with Gasteiger partial charge in [0.25, 0.3) is 0 Å². The number of Topliss-reactive ketones (excluding diaryl/α,β-unsaturated/α-hetero) is 1. The van der Waals surface area contributed by atoms with E-state index in [0.29, 0.717) is 35.3 Å². The molecule has 0 radical (unpaired) electrons. The summed E-state index contributed by atoms with van der Waals surface area (Å²) in [5, 5.41) is 0. The summed E-state index contributed by atoms with van der Waals surface area (Å²) in [5.74, 6) is 1.50. The fourth-order valence-corrected chi connectivity index (χ4v) is 5.64. The van der Waals surface area contributed by atoms with Crippen LogP contribution in [-0.4, -0.2) is 26.0 Å². The van der Waals surface area contributed by atoms with Crippen molar-refractivity contribution >= 4 is 11.8 Å². The van der Waals surface area contributed by atoms with Gasteiger partial charge < -0.3 is 9.47 Å². The van der Waals surface area contributed by atoms with Crippen molar-refractivity contribution in [1.29, 1.82) is 0 Å². The number of hydrogen-bond donors (Lipinski definition) is 1. The molecular weight excluding hydrogens is 358 g/mol. The molecule has 0 aliphatic heterocycles. The molecule has 0 spiro atoms. The lowest BCUT2D eigenvalue weighted by atomic mass is 9.55. The molecule has 3 aliphatic carbocycles. The zero-order valence-corrected chi connectivity index (χ0v) is 16.8. The average Bonchev–Trinajstić information content (AvgIpc) is 2.98. The maximum Gasteiger partial charge on any atom is 0.308 e. The molecule has 4 rings (SSSR count). The van der Waals surface area contributed by atoms with Crippen LogP contribution in [0.1, 0.15) is 61.4 Å². The van der Waals surface area contributed by atoms with Crippen LogP contribution >= 0.6 is 0 Å². The Balaban J connectivity index is 1.71. The molecule has 0 bridgehead atoms. The average molecular weight is 385 g/mol. The third-order valence-electron chi connectivity index (χ3n) is 6.94. The first-order valence-corrected chi connectivity index (χ1v) is 9.82. The molecule has 150 valence electrons. The molecule has 0 saturated heterocycles. The van der Waals surface area contributed by atoms with Gasteiger partial charge in [-0.15, -0.1) is 0 Å². The van der Waals surface area contributed by atoms with Crippen LogP contribution < -0.4 is 15.0 Å². The van der Waals surface area contributed by atoms with Crippen molar-refractivity contribution in [1.82, 2.24) is 5.48 Å². The number of rotatable bonds is 4. The first-order valence-electron chi connectivity index (χ1n) is 9.82. The third kappa shape index (κ3) is 2.82. The summed E-state index contributed by atoms with van der Waals surface area (Å²) in [6.07, 6.45) is 5.73. The normalized spacial score (nSPS) is 30.6. The number of methoxy groups -OCH3 is 1. The van der Waals surface area contributed by atoms with Crippen LogP contribution in [0.15, 0.2) is 23.9 Å². The third-order valence-corrected chi connectivity index (χ3v) is 6.94.